The van der Waals surface area contributed by atoms with Crippen molar-refractivity contribution in [2.24, 2.45) is 0 Å². The van der Waals surface area contributed by atoms with E-state index < -0.39 is 11.9 Å². The second kappa shape index (κ2) is 9.96. The number of fused-ring (bicyclic) bond motifs is 2. The summed E-state index contributed by atoms with van der Waals surface area (Å²) in [5.74, 6) is -1.02. The molecule has 0 aliphatic heterocycles. The van der Waals surface area contributed by atoms with Gasteiger partial charge in [0.05, 0.1) is 33.3 Å². The topological polar surface area (TPSA) is 78.4 Å². The summed E-state index contributed by atoms with van der Waals surface area (Å²) in [7, 11) is 0. The number of thiazole rings is 2. The lowest BCUT2D eigenvalue weighted by molar-refractivity contribution is -0.139. The molecule has 0 saturated carbocycles. The molecule has 0 N–H and O–H groups in total. The maximum Gasteiger partial charge on any atom is 0.318 e. The lowest BCUT2D eigenvalue weighted by atomic mass is 10.3. The normalized spacial score (nSPS) is 11.1. The average molecular weight is 606 g/mol. The van der Waals surface area contributed by atoms with Gasteiger partial charge in [-0.1, -0.05) is 12.1 Å². The van der Waals surface area contributed by atoms with Crippen LogP contribution in [0.15, 0.2) is 54.0 Å². The second-order valence-electron chi connectivity index (χ2n) is 5.71. The molecule has 0 spiro atoms. The Balaban J connectivity index is 1.22. The minimum absolute atomic E-state index is 0.0770. The lowest BCUT2D eigenvalue weighted by Crippen LogP contribution is -2.05. The maximum absolute atomic E-state index is 11.9. The Kier molecular flexibility index (Phi) is 7.32. The summed E-state index contributed by atoms with van der Waals surface area (Å²) in [6.07, 6.45) is -0.154. The van der Waals surface area contributed by atoms with Crippen molar-refractivity contribution in [1.82, 2.24) is 9.97 Å². The zero-order chi connectivity index (χ0) is 21.1. The van der Waals surface area contributed by atoms with Crippen molar-refractivity contribution in [2.45, 2.75) is 21.5 Å². The number of nitrogens with zero attached hydrogens (tertiary/aromatic N) is 2. The van der Waals surface area contributed by atoms with Crippen molar-refractivity contribution < 1.29 is 18.0 Å². The largest absolute Gasteiger partial charge is 0.383 e. The van der Waals surface area contributed by atoms with Crippen molar-refractivity contribution in [2.75, 3.05) is 0 Å². The van der Waals surface area contributed by atoms with Crippen LogP contribution in [0.2, 0.25) is 0 Å². The van der Waals surface area contributed by atoms with Gasteiger partial charge in [0.1, 0.15) is 24.1 Å². The predicted octanol–water partition coefficient (Wildman–Crippen LogP) is 7.01. The fourth-order valence-electron chi connectivity index (χ4n) is 2.31. The van der Waals surface area contributed by atoms with Crippen molar-refractivity contribution >= 4 is 111 Å². The molecule has 0 bridgehead atoms. The fraction of sp³-hybridized carbons (Fsp3) is 0.111. The summed E-state index contributed by atoms with van der Waals surface area (Å²) in [5.41, 5.74) is 1.66. The highest BCUT2D eigenvalue weighted by Crippen LogP contribution is 2.36. The molecule has 0 aliphatic carbocycles. The van der Waals surface area contributed by atoms with Gasteiger partial charge in [-0.05, 0) is 56.1 Å². The van der Waals surface area contributed by atoms with Gasteiger partial charge in [0, 0.05) is 8.95 Å². The predicted molar refractivity (Wildman–Crippen MR) is 128 cm³/mol. The zero-order valence-corrected chi connectivity index (χ0v) is 21.2. The first-order chi connectivity index (χ1) is 14.5. The van der Waals surface area contributed by atoms with Crippen molar-refractivity contribution in [3.63, 3.8) is 0 Å². The van der Waals surface area contributed by atoms with E-state index in [1.54, 1.807) is 0 Å². The Hall–Kier alpha value is -1.18. The summed E-state index contributed by atoms with van der Waals surface area (Å²) in [6.45, 7) is 0. The summed E-state index contributed by atoms with van der Waals surface area (Å²) in [4.78, 5) is 32.6. The van der Waals surface area contributed by atoms with Gasteiger partial charge in [0.2, 0.25) is 0 Å². The molecule has 12 heteroatoms. The third-order valence-corrected chi connectivity index (χ3v) is 9.20. The third kappa shape index (κ3) is 5.35. The Morgan fingerprint density at radius 2 is 1.23 bits per heavy atom. The van der Waals surface area contributed by atoms with Gasteiger partial charge in [-0.25, -0.2) is 9.97 Å². The first kappa shape index (κ1) is 22.0. The highest BCUT2D eigenvalue weighted by atomic mass is 79.9. The van der Waals surface area contributed by atoms with Crippen LogP contribution in [0.4, 0.5) is 0 Å². The highest BCUT2D eigenvalue weighted by Gasteiger charge is 2.15. The first-order valence-corrected chi connectivity index (χ1v) is 13.0. The molecular weight excluding hydrogens is 596 g/mol. The molecule has 4 rings (SSSR count). The number of rotatable bonds is 7. The minimum Gasteiger partial charge on any atom is -0.383 e. The molecule has 154 valence electrons. The molecule has 0 saturated heterocycles. The Bertz CT molecular complexity index is 1150. The van der Waals surface area contributed by atoms with Gasteiger partial charge < -0.3 is 8.37 Å². The summed E-state index contributed by atoms with van der Waals surface area (Å²) in [6, 6.07) is 11.4. The van der Waals surface area contributed by atoms with Crippen LogP contribution in [0.5, 0.6) is 0 Å². The molecule has 2 aromatic heterocycles. The minimum atomic E-state index is -0.510. The quantitative estimate of drug-likeness (QED) is 0.208. The number of carbonyl (C=O) groups is 2. The molecule has 0 amide bonds. The molecule has 2 heterocycles. The number of hydrogen-bond donors (Lipinski definition) is 0. The number of benzene rings is 2. The van der Waals surface area contributed by atoms with Crippen molar-refractivity contribution in [3.05, 3.63) is 45.3 Å². The van der Waals surface area contributed by atoms with Gasteiger partial charge in [-0.2, -0.15) is 0 Å². The maximum atomic E-state index is 11.9. The number of hydrogen-bond acceptors (Lipinski definition) is 10. The fourth-order valence-corrected chi connectivity index (χ4v) is 6.66. The van der Waals surface area contributed by atoms with E-state index in [1.165, 1.54) is 22.7 Å². The first-order valence-electron chi connectivity index (χ1n) is 8.34. The third-order valence-electron chi connectivity index (χ3n) is 3.64. The van der Waals surface area contributed by atoms with Crippen LogP contribution in [-0.4, -0.2) is 21.9 Å². The molecule has 4 aromatic rings. The highest BCUT2D eigenvalue weighted by molar-refractivity contribution is 9.11. The van der Waals surface area contributed by atoms with Crippen LogP contribution in [0.3, 0.4) is 0 Å². The van der Waals surface area contributed by atoms with Gasteiger partial charge in [-0.15, -0.1) is 22.7 Å². The number of carbonyl (C=O) groups excluding carboxylic acids is 2. The van der Waals surface area contributed by atoms with Crippen LogP contribution >= 0.6 is 78.6 Å². The van der Waals surface area contributed by atoms with Gasteiger partial charge in [0.15, 0.2) is 8.68 Å². The van der Waals surface area contributed by atoms with E-state index in [1.807, 2.05) is 36.4 Å². The Labute approximate surface area is 204 Å². The second-order valence-corrected chi connectivity index (χ2v) is 11.4. The van der Waals surface area contributed by atoms with E-state index in [2.05, 4.69) is 41.8 Å². The van der Waals surface area contributed by atoms with E-state index in [0.29, 0.717) is 8.68 Å². The van der Waals surface area contributed by atoms with Crippen LogP contribution in [0, 0.1) is 0 Å². The van der Waals surface area contributed by atoms with Gasteiger partial charge in [-0.3, -0.25) is 9.59 Å². The summed E-state index contributed by atoms with van der Waals surface area (Å²) in [5, 5.41) is 0. The smallest absolute Gasteiger partial charge is 0.318 e. The number of halogens is 2. The molecule has 6 nitrogen and oxygen atoms in total. The van der Waals surface area contributed by atoms with Crippen LogP contribution in [0.1, 0.15) is 12.8 Å². The number of aromatic nitrogens is 2. The van der Waals surface area contributed by atoms with Gasteiger partial charge >= 0.3 is 11.9 Å². The van der Waals surface area contributed by atoms with E-state index in [0.717, 1.165) is 53.5 Å². The molecule has 0 fully saturated rings. The standard InChI is InChI=1S/C18H10Br2N2O4S4/c19-9-3-1-5-11-15(9)27-17(21-11)29-25-13(23)7-8-14(24)26-30-18-22-12-6-2-4-10(20)16(12)28-18/h1-6H,7-8H2. The summed E-state index contributed by atoms with van der Waals surface area (Å²) >= 11 is 11.6. The molecule has 0 radical (unpaired) electrons. The van der Waals surface area contributed by atoms with Crippen molar-refractivity contribution in [1.29, 1.82) is 0 Å². The molecule has 0 aliphatic rings. The molecule has 0 unspecified atom stereocenters. The average Bonchev–Trinajstić information content (AvgIpc) is 3.34. The molecule has 30 heavy (non-hydrogen) atoms. The molecule has 0 atom stereocenters. The Morgan fingerprint density at radius 1 is 0.800 bits per heavy atom. The van der Waals surface area contributed by atoms with Crippen LogP contribution in [-0.2, 0) is 18.0 Å². The lowest BCUT2D eigenvalue weighted by Gasteiger charge is -2.01. The van der Waals surface area contributed by atoms with Gasteiger partial charge in [0.25, 0.3) is 0 Å². The van der Waals surface area contributed by atoms with E-state index in [9.17, 15) is 9.59 Å². The zero-order valence-electron chi connectivity index (χ0n) is 14.8. The Morgan fingerprint density at radius 3 is 1.63 bits per heavy atom. The molecular formula is C18H10Br2N2O4S4. The molecule has 2 aromatic carbocycles. The van der Waals surface area contributed by atoms with Crippen LogP contribution < -0.4 is 0 Å². The van der Waals surface area contributed by atoms with Crippen LogP contribution in [0.25, 0.3) is 20.4 Å². The monoisotopic (exact) mass is 604 g/mol. The SMILES string of the molecule is O=C(CCC(=O)OSc1nc2cccc(Br)c2s1)OSc1nc2cccc(Br)c2s1. The van der Waals surface area contributed by atoms with E-state index in [4.69, 9.17) is 8.37 Å². The van der Waals surface area contributed by atoms with Crippen molar-refractivity contribution in [3.8, 4) is 0 Å². The van der Waals surface area contributed by atoms with E-state index >= 15 is 0 Å². The summed E-state index contributed by atoms with van der Waals surface area (Å²) < 4.78 is 15.4. The van der Waals surface area contributed by atoms with E-state index in [-0.39, 0.29) is 12.8 Å².